The van der Waals surface area contributed by atoms with Crippen LogP contribution in [0.1, 0.15) is 12.2 Å². The van der Waals surface area contributed by atoms with Crippen LogP contribution in [0, 0.1) is 0 Å². The number of para-hydroxylation sites is 1. The average Bonchev–Trinajstić information content (AvgIpc) is 3.31. The zero-order valence-corrected chi connectivity index (χ0v) is 13.4. The number of imidazole rings is 1. The second-order valence-electron chi connectivity index (χ2n) is 6.33. The zero-order valence-electron chi connectivity index (χ0n) is 13.4. The van der Waals surface area contributed by atoms with E-state index in [-0.39, 0.29) is 0 Å². The van der Waals surface area contributed by atoms with Crippen molar-refractivity contribution in [2.75, 3.05) is 13.1 Å². The fourth-order valence-corrected chi connectivity index (χ4v) is 3.30. The van der Waals surface area contributed by atoms with E-state index in [2.05, 4.69) is 36.9 Å². The summed E-state index contributed by atoms with van der Waals surface area (Å²) in [6, 6.07) is 10.2. The largest absolute Gasteiger partial charge is 0.387 e. The molecule has 1 atom stereocenters. The maximum Gasteiger partial charge on any atom is 0.127 e. The molecule has 1 aliphatic rings. The molecular weight excluding hydrogens is 304 g/mol. The van der Waals surface area contributed by atoms with E-state index in [1.807, 2.05) is 30.6 Å². The highest BCUT2D eigenvalue weighted by molar-refractivity contribution is 5.32. The first-order valence-electron chi connectivity index (χ1n) is 8.08. The molecule has 1 fully saturated rings. The van der Waals surface area contributed by atoms with E-state index in [1.54, 1.807) is 17.1 Å². The first-order chi connectivity index (χ1) is 11.7. The Labute approximate surface area is 140 Å². The number of hydrogen-bond donors (Lipinski definition) is 1. The number of nitrogens with zero attached hydrogens (tertiary/aromatic N) is 6. The number of β-amino-alcohol motifs (C(OH)–C–C–N with tert-alkyl or cyclic N) is 1. The second-order valence-corrected chi connectivity index (χ2v) is 6.33. The Morgan fingerprint density at radius 3 is 2.79 bits per heavy atom. The van der Waals surface area contributed by atoms with Crippen LogP contribution in [0.15, 0.2) is 55.1 Å². The van der Waals surface area contributed by atoms with Crippen LogP contribution in [-0.2, 0) is 13.1 Å². The van der Waals surface area contributed by atoms with Gasteiger partial charge in [0.05, 0.1) is 24.9 Å². The van der Waals surface area contributed by atoms with E-state index in [0.29, 0.717) is 19.6 Å². The van der Waals surface area contributed by atoms with Gasteiger partial charge in [-0.25, -0.2) is 9.67 Å². The molecule has 1 aromatic carbocycles. The van der Waals surface area contributed by atoms with Crippen LogP contribution in [0.25, 0.3) is 5.69 Å². The Bertz CT molecular complexity index is 785. The smallest absolute Gasteiger partial charge is 0.127 e. The fourth-order valence-electron chi connectivity index (χ4n) is 3.30. The molecule has 1 saturated heterocycles. The minimum atomic E-state index is -0.766. The summed E-state index contributed by atoms with van der Waals surface area (Å²) in [4.78, 5) is 6.73. The Morgan fingerprint density at radius 1 is 1.12 bits per heavy atom. The van der Waals surface area contributed by atoms with E-state index < -0.39 is 5.60 Å². The summed E-state index contributed by atoms with van der Waals surface area (Å²) in [5.74, 6) is 0.978. The molecule has 4 rings (SSSR count). The Hall–Kier alpha value is -2.51. The molecule has 3 aromatic rings. The van der Waals surface area contributed by atoms with Crippen LogP contribution >= 0.6 is 0 Å². The van der Waals surface area contributed by atoms with Gasteiger partial charge in [-0.3, -0.25) is 4.90 Å². The molecule has 0 aliphatic carbocycles. The molecule has 1 aliphatic heterocycles. The Morgan fingerprint density at radius 2 is 2.00 bits per heavy atom. The molecular formula is C17H20N6O. The Kier molecular flexibility index (Phi) is 3.87. The lowest BCUT2D eigenvalue weighted by Crippen LogP contribution is -2.37. The minimum Gasteiger partial charge on any atom is -0.387 e. The number of aromatic nitrogens is 5. The van der Waals surface area contributed by atoms with E-state index in [1.165, 1.54) is 0 Å². The third-order valence-electron chi connectivity index (χ3n) is 4.46. The van der Waals surface area contributed by atoms with Gasteiger partial charge in [0.25, 0.3) is 0 Å². The van der Waals surface area contributed by atoms with Crippen molar-refractivity contribution in [2.24, 2.45) is 0 Å². The lowest BCUT2D eigenvalue weighted by Gasteiger charge is -2.23. The van der Waals surface area contributed by atoms with Gasteiger partial charge in [-0.15, -0.1) is 5.10 Å². The fraction of sp³-hybridized carbons (Fsp3) is 0.353. The van der Waals surface area contributed by atoms with Crippen molar-refractivity contribution >= 4 is 0 Å². The summed E-state index contributed by atoms with van der Waals surface area (Å²) in [5, 5.41) is 18.5. The van der Waals surface area contributed by atoms with Crippen molar-refractivity contribution in [3.05, 3.63) is 60.9 Å². The number of rotatable bonds is 5. The van der Waals surface area contributed by atoms with E-state index in [4.69, 9.17) is 0 Å². The van der Waals surface area contributed by atoms with Gasteiger partial charge in [0, 0.05) is 37.4 Å². The predicted octanol–water partition coefficient (Wildman–Crippen LogP) is 1.10. The monoisotopic (exact) mass is 324 g/mol. The molecule has 0 spiro atoms. The van der Waals surface area contributed by atoms with Gasteiger partial charge in [0.1, 0.15) is 5.82 Å². The lowest BCUT2D eigenvalue weighted by molar-refractivity contribution is 0.0272. The molecule has 2 aromatic heterocycles. The van der Waals surface area contributed by atoms with Gasteiger partial charge in [-0.1, -0.05) is 23.4 Å². The molecule has 1 N–H and O–H groups in total. The summed E-state index contributed by atoms with van der Waals surface area (Å²) < 4.78 is 3.78. The van der Waals surface area contributed by atoms with Gasteiger partial charge in [-0.05, 0) is 18.6 Å². The predicted molar refractivity (Wildman–Crippen MR) is 88.4 cm³/mol. The van der Waals surface area contributed by atoms with Crippen LogP contribution in [-0.4, -0.2) is 53.2 Å². The van der Waals surface area contributed by atoms with Gasteiger partial charge < -0.3 is 9.67 Å². The number of aliphatic hydroxyl groups is 1. The van der Waals surface area contributed by atoms with Gasteiger partial charge in [0.2, 0.25) is 0 Å². The molecule has 24 heavy (non-hydrogen) atoms. The summed E-state index contributed by atoms with van der Waals surface area (Å²) in [5.41, 5.74) is 0.333. The number of likely N-dealkylation sites (tertiary alicyclic amines) is 1. The van der Waals surface area contributed by atoms with Crippen LogP contribution in [0.2, 0.25) is 0 Å². The van der Waals surface area contributed by atoms with Crippen molar-refractivity contribution in [1.82, 2.24) is 29.4 Å². The van der Waals surface area contributed by atoms with Crippen molar-refractivity contribution in [2.45, 2.75) is 25.1 Å². The molecule has 124 valence electrons. The maximum absolute atomic E-state index is 10.8. The second kappa shape index (κ2) is 6.18. The van der Waals surface area contributed by atoms with E-state index in [9.17, 15) is 5.11 Å². The summed E-state index contributed by atoms with van der Waals surface area (Å²) in [7, 11) is 0. The SMILES string of the molecule is OC1(Cn2ccnn2)CCN(Cc2nccn2-c2ccccc2)C1. The number of hydrogen-bond acceptors (Lipinski definition) is 5. The molecule has 3 heterocycles. The molecule has 0 saturated carbocycles. The minimum absolute atomic E-state index is 0.469. The summed E-state index contributed by atoms with van der Waals surface area (Å²) in [6.45, 7) is 2.62. The third kappa shape index (κ3) is 3.08. The first-order valence-corrected chi connectivity index (χ1v) is 8.08. The Balaban J connectivity index is 1.45. The first kappa shape index (κ1) is 15.0. The van der Waals surface area contributed by atoms with Crippen LogP contribution < -0.4 is 0 Å². The molecule has 1 unspecified atom stereocenters. The van der Waals surface area contributed by atoms with Crippen molar-refractivity contribution in [3.63, 3.8) is 0 Å². The molecule has 0 bridgehead atoms. The van der Waals surface area contributed by atoms with E-state index in [0.717, 1.165) is 24.5 Å². The summed E-state index contributed by atoms with van der Waals surface area (Å²) in [6.07, 6.45) is 7.93. The molecule has 0 amide bonds. The van der Waals surface area contributed by atoms with E-state index >= 15 is 0 Å². The number of benzene rings is 1. The molecule has 0 radical (unpaired) electrons. The van der Waals surface area contributed by atoms with Crippen LogP contribution in [0.4, 0.5) is 0 Å². The lowest BCUT2D eigenvalue weighted by atomic mass is 10.0. The quantitative estimate of drug-likeness (QED) is 0.761. The van der Waals surface area contributed by atoms with Crippen LogP contribution in [0.3, 0.4) is 0 Å². The third-order valence-corrected chi connectivity index (χ3v) is 4.46. The van der Waals surface area contributed by atoms with Crippen LogP contribution in [0.5, 0.6) is 0 Å². The topological polar surface area (TPSA) is 72.0 Å². The zero-order chi connectivity index (χ0) is 16.4. The highest BCUT2D eigenvalue weighted by Gasteiger charge is 2.37. The van der Waals surface area contributed by atoms with Gasteiger partial charge >= 0.3 is 0 Å². The molecule has 7 heteroatoms. The maximum atomic E-state index is 10.8. The van der Waals surface area contributed by atoms with Crippen molar-refractivity contribution < 1.29 is 5.11 Å². The van der Waals surface area contributed by atoms with Gasteiger partial charge in [-0.2, -0.15) is 0 Å². The standard InChI is InChI=1S/C17H20N6O/c24-17(14-22-10-8-19-20-22)6-9-21(13-17)12-16-18-7-11-23(16)15-4-2-1-3-5-15/h1-5,7-8,10-11,24H,6,9,12-14H2. The van der Waals surface area contributed by atoms with Crippen molar-refractivity contribution in [3.8, 4) is 5.69 Å². The summed E-state index contributed by atoms with van der Waals surface area (Å²) >= 11 is 0. The highest BCUT2D eigenvalue weighted by Crippen LogP contribution is 2.24. The van der Waals surface area contributed by atoms with Gasteiger partial charge in [0.15, 0.2) is 0 Å². The normalized spacial score (nSPS) is 21.4. The average molecular weight is 324 g/mol. The highest BCUT2D eigenvalue weighted by atomic mass is 16.3. The molecule has 7 nitrogen and oxygen atoms in total. The van der Waals surface area contributed by atoms with Crippen molar-refractivity contribution in [1.29, 1.82) is 0 Å².